The average Bonchev–Trinajstić information content (AvgIpc) is 3.29. The molecule has 0 spiro atoms. The van der Waals surface area contributed by atoms with Crippen LogP contribution in [0.5, 0.6) is 0 Å². The van der Waals surface area contributed by atoms with Crippen molar-refractivity contribution >= 4 is 10.0 Å². The van der Waals surface area contributed by atoms with Gasteiger partial charge in [0.05, 0.1) is 4.90 Å². The van der Waals surface area contributed by atoms with E-state index < -0.39 is 10.0 Å². The predicted molar refractivity (Wildman–Crippen MR) is 85.6 cm³/mol. The molecule has 5 heteroatoms. The number of nitrogens with one attached hydrogen (secondary N) is 1. The lowest BCUT2D eigenvalue weighted by molar-refractivity contribution is 0.257. The van der Waals surface area contributed by atoms with Gasteiger partial charge in [-0.15, -0.1) is 0 Å². The highest BCUT2D eigenvalue weighted by Crippen LogP contribution is 2.25. The first-order chi connectivity index (χ1) is 9.77. The molecule has 0 atom stereocenters. The fourth-order valence-electron chi connectivity index (χ4n) is 2.04. The van der Waals surface area contributed by atoms with Crippen molar-refractivity contribution in [1.82, 2.24) is 9.62 Å². The number of hydrogen-bond donors (Lipinski definition) is 1. The Balaban J connectivity index is 2.12. The van der Waals surface area contributed by atoms with Gasteiger partial charge in [0.25, 0.3) is 0 Å². The molecular weight excluding hydrogens is 284 g/mol. The van der Waals surface area contributed by atoms with Gasteiger partial charge in [-0.1, -0.05) is 19.1 Å². The molecule has 1 saturated carbocycles. The third-order valence-corrected chi connectivity index (χ3v) is 6.55. The van der Waals surface area contributed by atoms with Crippen LogP contribution in [0.1, 0.15) is 45.6 Å². The minimum absolute atomic E-state index is 0.363. The Bertz CT molecular complexity index is 575. The second-order valence-corrected chi connectivity index (χ2v) is 8.41. The lowest BCUT2D eigenvalue weighted by Crippen LogP contribution is -2.44. The zero-order valence-electron chi connectivity index (χ0n) is 13.4. The predicted octanol–water partition coefficient (Wildman–Crippen LogP) is 2.75. The molecule has 1 aromatic carbocycles. The van der Waals surface area contributed by atoms with Gasteiger partial charge < -0.3 is 5.32 Å². The molecule has 1 N–H and O–H groups in total. The van der Waals surface area contributed by atoms with Crippen LogP contribution in [0.25, 0.3) is 0 Å². The van der Waals surface area contributed by atoms with Crippen molar-refractivity contribution in [2.24, 2.45) is 0 Å². The highest BCUT2D eigenvalue weighted by Gasteiger charge is 2.32. The Hall–Kier alpha value is -0.910. The van der Waals surface area contributed by atoms with Gasteiger partial charge in [0, 0.05) is 25.2 Å². The number of hydrogen-bond acceptors (Lipinski definition) is 3. The first-order valence-electron chi connectivity index (χ1n) is 7.59. The smallest absolute Gasteiger partial charge is 0.243 e. The maximum absolute atomic E-state index is 12.6. The molecule has 4 nitrogen and oxygen atoms in total. The molecule has 1 fully saturated rings. The Morgan fingerprint density at radius 3 is 2.29 bits per heavy atom. The van der Waals surface area contributed by atoms with Crippen LogP contribution < -0.4 is 5.32 Å². The molecule has 1 aliphatic carbocycles. The van der Waals surface area contributed by atoms with Gasteiger partial charge in [0.1, 0.15) is 0 Å². The number of rotatable bonds is 7. The van der Waals surface area contributed by atoms with Gasteiger partial charge in [-0.3, -0.25) is 0 Å². The molecule has 1 aromatic rings. The zero-order chi connectivity index (χ0) is 15.7. The molecule has 0 aliphatic heterocycles. The second-order valence-electron chi connectivity index (χ2n) is 6.44. The summed E-state index contributed by atoms with van der Waals surface area (Å²) in [6, 6.07) is 7.87. The first-order valence-corrected chi connectivity index (χ1v) is 9.03. The van der Waals surface area contributed by atoms with E-state index in [9.17, 15) is 8.42 Å². The molecule has 0 heterocycles. The fourth-order valence-corrected chi connectivity index (χ4v) is 3.61. The van der Waals surface area contributed by atoms with Gasteiger partial charge in [0.2, 0.25) is 10.0 Å². The van der Waals surface area contributed by atoms with Crippen molar-refractivity contribution in [3.63, 3.8) is 0 Å². The van der Waals surface area contributed by atoms with Crippen molar-refractivity contribution in [2.45, 2.75) is 63.1 Å². The lowest BCUT2D eigenvalue weighted by atomic mass is 10.0. The topological polar surface area (TPSA) is 49.4 Å². The summed E-state index contributed by atoms with van der Waals surface area (Å²) in [6.45, 7) is 6.69. The van der Waals surface area contributed by atoms with E-state index in [-0.39, 0.29) is 5.54 Å². The summed E-state index contributed by atoms with van der Waals surface area (Å²) in [4.78, 5) is 0.363. The molecule has 0 unspecified atom stereocenters. The molecule has 0 bridgehead atoms. The third kappa shape index (κ3) is 3.84. The summed E-state index contributed by atoms with van der Waals surface area (Å²) >= 11 is 0. The summed E-state index contributed by atoms with van der Waals surface area (Å²) < 4.78 is 26.7. The fraction of sp³-hybridized carbons (Fsp3) is 0.625. The standard InChI is InChI=1S/C16H26N2O2S/c1-5-16(2,3)18(4)21(19,20)15-10-6-13(7-11-15)12-17-14-8-9-14/h6-7,10-11,14,17H,5,8-9,12H2,1-4H3. The summed E-state index contributed by atoms with van der Waals surface area (Å²) in [5.41, 5.74) is 0.739. The zero-order valence-corrected chi connectivity index (χ0v) is 14.2. The molecular formula is C16H26N2O2S. The van der Waals surface area contributed by atoms with E-state index in [4.69, 9.17) is 0 Å². The van der Waals surface area contributed by atoms with Crippen LogP contribution in [-0.4, -0.2) is 31.4 Å². The van der Waals surface area contributed by atoms with Crippen molar-refractivity contribution in [1.29, 1.82) is 0 Å². The van der Waals surface area contributed by atoms with Crippen LogP contribution in [0.3, 0.4) is 0 Å². The Kier molecular flexibility index (Phi) is 4.76. The van der Waals surface area contributed by atoms with Gasteiger partial charge in [-0.25, -0.2) is 8.42 Å². The Labute approximate surface area is 128 Å². The molecule has 118 valence electrons. The van der Waals surface area contributed by atoms with E-state index in [2.05, 4.69) is 5.32 Å². The number of sulfonamides is 1. The highest BCUT2D eigenvalue weighted by molar-refractivity contribution is 7.89. The van der Waals surface area contributed by atoms with Crippen LogP contribution in [0.15, 0.2) is 29.2 Å². The maximum Gasteiger partial charge on any atom is 0.243 e. The molecule has 0 saturated heterocycles. The maximum atomic E-state index is 12.6. The van der Waals surface area contributed by atoms with Crippen molar-refractivity contribution in [2.75, 3.05) is 7.05 Å². The van der Waals surface area contributed by atoms with Crippen molar-refractivity contribution in [3.05, 3.63) is 29.8 Å². The number of nitrogens with zero attached hydrogens (tertiary/aromatic N) is 1. The van der Waals surface area contributed by atoms with E-state index in [0.29, 0.717) is 10.9 Å². The van der Waals surface area contributed by atoms with Gasteiger partial charge >= 0.3 is 0 Å². The highest BCUT2D eigenvalue weighted by atomic mass is 32.2. The van der Waals surface area contributed by atoms with Crippen molar-refractivity contribution < 1.29 is 8.42 Å². The molecule has 0 amide bonds. The van der Waals surface area contributed by atoms with Gasteiger partial charge in [0.15, 0.2) is 0 Å². The Morgan fingerprint density at radius 2 is 1.81 bits per heavy atom. The van der Waals surface area contributed by atoms with Gasteiger partial charge in [-0.05, 0) is 50.8 Å². The normalized spacial score (nSPS) is 16.4. The van der Waals surface area contributed by atoms with Crippen LogP contribution >= 0.6 is 0 Å². The average molecular weight is 310 g/mol. The minimum Gasteiger partial charge on any atom is -0.310 e. The summed E-state index contributed by atoms with van der Waals surface area (Å²) in [5, 5.41) is 3.43. The molecule has 2 rings (SSSR count). The van der Waals surface area contributed by atoms with Crippen molar-refractivity contribution in [3.8, 4) is 0 Å². The van der Waals surface area contributed by atoms with E-state index >= 15 is 0 Å². The lowest BCUT2D eigenvalue weighted by Gasteiger charge is -2.33. The van der Waals surface area contributed by atoms with Crippen LogP contribution in [0.2, 0.25) is 0 Å². The minimum atomic E-state index is -3.43. The summed E-state index contributed by atoms with van der Waals surface area (Å²) in [7, 11) is -1.78. The molecule has 0 aromatic heterocycles. The Morgan fingerprint density at radius 1 is 1.24 bits per heavy atom. The van der Waals surface area contributed by atoms with E-state index in [0.717, 1.165) is 18.5 Å². The molecule has 1 aliphatic rings. The van der Waals surface area contributed by atoms with Crippen LogP contribution in [0, 0.1) is 0 Å². The van der Waals surface area contributed by atoms with Gasteiger partial charge in [-0.2, -0.15) is 4.31 Å². The molecule has 21 heavy (non-hydrogen) atoms. The van der Waals surface area contributed by atoms with Crippen LogP contribution in [-0.2, 0) is 16.6 Å². The SMILES string of the molecule is CCC(C)(C)N(C)S(=O)(=O)c1ccc(CNC2CC2)cc1. The van der Waals surface area contributed by atoms with E-state index in [1.807, 2.05) is 32.9 Å². The number of benzene rings is 1. The monoisotopic (exact) mass is 310 g/mol. The van der Waals surface area contributed by atoms with E-state index in [1.54, 1.807) is 19.2 Å². The largest absolute Gasteiger partial charge is 0.310 e. The second kappa shape index (κ2) is 6.07. The van der Waals surface area contributed by atoms with E-state index in [1.165, 1.54) is 17.1 Å². The quantitative estimate of drug-likeness (QED) is 0.842. The third-order valence-electron chi connectivity index (χ3n) is 4.47. The van der Waals surface area contributed by atoms with Crippen LogP contribution in [0.4, 0.5) is 0 Å². The summed E-state index contributed by atoms with van der Waals surface area (Å²) in [5.74, 6) is 0. The summed E-state index contributed by atoms with van der Waals surface area (Å²) in [6.07, 6.45) is 3.28. The molecule has 0 radical (unpaired) electrons. The first kappa shape index (κ1) is 16.5.